The van der Waals surface area contributed by atoms with Crippen molar-refractivity contribution >= 4 is 55.7 Å². The Morgan fingerprint density at radius 2 is 1.89 bits per heavy atom. The fraction of sp³-hybridized carbons (Fsp3) is 0.364. The lowest BCUT2D eigenvalue weighted by Crippen LogP contribution is -2.37. The van der Waals surface area contributed by atoms with E-state index >= 15 is 0 Å². The van der Waals surface area contributed by atoms with Gasteiger partial charge in [-0.15, -0.1) is 0 Å². The van der Waals surface area contributed by atoms with Crippen LogP contribution in [0.15, 0.2) is 18.2 Å². The van der Waals surface area contributed by atoms with Gasteiger partial charge in [0.2, 0.25) is 0 Å². The largest absolute Gasteiger partial charge is 0.313 e. The maximum atomic E-state index is 11.7. The number of benzene rings is 1. The molecule has 0 unspecified atom stereocenters. The van der Waals surface area contributed by atoms with Crippen molar-refractivity contribution in [3.63, 3.8) is 0 Å². The molecule has 0 bridgehead atoms. The number of hydrogen-bond acceptors (Lipinski definition) is 4. The van der Waals surface area contributed by atoms with Gasteiger partial charge in [0.1, 0.15) is 0 Å². The number of nitrogens with zero attached hydrogens (tertiary/aromatic N) is 1. The number of amidine groups is 1. The van der Waals surface area contributed by atoms with Crippen LogP contribution in [0.5, 0.6) is 0 Å². The van der Waals surface area contributed by atoms with Crippen LogP contribution in [0, 0.1) is 5.41 Å². The lowest BCUT2D eigenvalue weighted by molar-refractivity contribution is 0.601. The highest BCUT2D eigenvalue weighted by Gasteiger charge is 2.49. The molecule has 0 amide bonds. The minimum absolute atomic E-state index is 0.0502. The molecule has 8 heteroatoms. The maximum Gasteiger partial charge on any atom is 0.161 e. The van der Waals surface area contributed by atoms with E-state index in [0.29, 0.717) is 20.9 Å². The Kier molecular flexibility index (Phi) is 3.24. The first-order chi connectivity index (χ1) is 8.89. The summed E-state index contributed by atoms with van der Waals surface area (Å²) >= 11 is 13.6. The van der Waals surface area contributed by atoms with Gasteiger partial charge in [0, 0.05) is 5.25 Å². The molecule has 0 radical (unpaired) electrons. The van der Waals surface area contributed by atoms with Gasteiger partial charge in [0.05, 0.1) is 33.3 Å². The molecule has 0 saturated carbocycles. The van der Waals surface area contributed by atoms with E-state index in [0.717, 1.165) is 0 Å². The topological polar surface area (TPSA) is 61.2 Å². The first kappa shape index (κ1) is 13.5. The zero-order chi connectivity index (χ0) is 13.8. The smallest absolute Gasteiger partial charge is 0.161 e. The summed E-state index contributed by atoms with van der Waals surface area (Å²) in [4.78, 5) is 1.66. The predicted octanol–water partition coefficient (Wildman–Crippen LogP) is 2.65. The number of nitrogens with one attached hydrogen (secondary N) is 1. The molecular weight excluding hydrogens is 327 g/mol. The molecule has 2 aliphatic rings. The molecule has 0 aliphatic carbocycles. The average Bonchev–Trinajstić information content (AvgIpc) is 2.71. The summed E-state index contributed by atoms with van der Waals surface area (Å²) in [6.07, 6.45) is 0. The normalized spacial score (nSPS) is 28.7. The SMILES string of the molecule is N=C1S[C@H]2CS(=O)(=O)C[C@H]2N1c1c(Cl)cccc1Cl. The van der Waals surface area contributed by atoms with Crippen LogP contribution in [0.3, 0.4) is 0 Å². The van der Waals surface area contributed by atoms with Crippen molar-refractivity contribution in [1.82, 2.24) is 0 Å². The van der Waals surface area contributed by atoms with Crippen LogP contribution in [0.4, 0.5) is 5.69 Å². The number of halogens is 2. The summed E-state index contributed by atoms with van der Waals surface area (Å²) < 4.78 is 23.4. The molecule has 2 atom stereocenters. The van der Waals surface area contributed by atoms with E-state index in [1.54, 1.807) is 23.1 Å². The van der Waals surface area contributed by atoms with Gasteiger partial charge in [-0.2, -0.15) is 0 Å². The molecule has 3 rings (SSSR count). The van der Waals surface area contributed by atoms with Crippen molar-refractivity contribution in [2.24, 2.45) is 0 Å². The second-order valence-electron chi connectivity index (χ2n) is 4.55. The van der Waals surface area contributed by atoms with E-state index in [4.69, 9.17) is 28.6 Å². The Balaban J connectivity index is 2.07. The van der Waals surface area contributed by atoms with Crippen molar-refractivity contribution in [3.05, 3.63) is 28.2 Å². The molecule has 19 heavy (non-hydrogen) atoms. The summed E-state index contributed by atoms with van der Waals surface area (Å²) in [6, 6.07) is 4.86. The Labute approximate surface area is 125 Å². The van der Waals surface area contributed by atoms with E-state index in [1.165, 1.54) is 11.8 Å². The zero-order valence-electron chi connectivity index (χ0n) is 9.64. The lowest BCUT2D eigenvalue weighted by atomic mass is 10.2. The number of thioether (sulfide) groups is 1. The maximum absolute atomic E-state index is 11.7. The number of anilines is 1. The first-order valence-corrected chi connectivity index (χ1v) is 9.03. The number of sulfone groups is 1. The third-order valence-electron chi connectivity index (χ3n) is 3.26. The van der Waals surface area contributed by atoms with Crippen LogP contribution in [0.25, 0.3) is 0 Å². The Hall–Kier alpha value is -0.430. The molecule has 102 valence electrons. The highest BCUT2D eigenvalue weighted by molar-refractivity contribution is 8.15. The molecule has 1 N–H and O–H groups in total. The Morgan fingerprint density at radius 3 is 2.53 bits per heavy atom. The molecule has 1 aromatic rings. The van der Waals surface area contributed by atoms with Crippen LogP contribution in [0.1, 0.15) is 0 Å². The zero-order valence-corrected chi connectivity index (χ0v) is 12.8. The van der Waals surface area contributed by atoms with Gasteiger partial charge in [-0.3, -0.25) is 5.41 Å². The monoisotopic (exact) mass is 336 g/mol. The first-order valence-electron chi connectivity index (χ1n) is 5.58. The molecule has 0 aromatic heterocycles. The fourth-order valence-electron chi connectivity index (χ4n) is 2.49. The minimum Gasteiger partial charge on any atom is -0.313 e. The van der Waals surface area contributed by atoms with Gasteiger partial charge in [0.15, 0.2) is 15.0 Å². The van der Waals surface area contributed by atoms with Crippen molar-refractivity contribution in [2.45, 2.75) is 11.3 Å². The highest BCUT2D eigenvalue weighted by atomic mass is 35.5. The average molecular weight is 337 g/mol. The molecule has 2 fully saturated rings. The molecule has 2 heterocycles. The second-order valence-corrected chi connectivity index (χ2v) is 8.74. The fourth-order valence-corrected chi connectivity index (χ4v) is 6.85. The van der Waals surface area contributed by atoms with E-state index in [2.05, 4.69) is 0 Å². The second kappa shape index (κ2) is 4.55. The molecular formula is C11H10Cl2N2O2S2. The Morgan fingerprint density at radius 1 is 1.26 bits per heavy atom. The van der Waals surface area contributed by atoms with E-state index in [1.807, 2.05) is 0 Å². The quantitative estimate of drug-likeness (QED) is 0.856. The van der Waals surface area contributed by atoms with Crippen molar-refractivity contribution in [3.8, 4) is 0 Å². The van der Waals surface area contributed by atoms with Gasteiger partial charge in [-0.05, 0) is 12.1 Å². The van der Waals surface area contributed by atoms with E-state index < -0.39 is 9.84 Å². The van der Waals surface area contributed by atoms with Gasteiger partial charge < -0.3 is 4.90 Å². The number of para-hydroxylation sites is 1. The van der Waals surface area contributed by atoms with Gasteiger partial charge in [0.25, 0.3) is 0 Å². The summed E-state index contributed by atoms with van der Waals surface area (Å²) in [5.74, 6) is 0.165. The van der Waals surface area contributed by atoms with Crippen LogP contribution in [-0.4, -0.2) is 36.4 Å². The lowest BCUT2D eigenvalue weighted by Gasteiger charge is -2.25. The number of rotatable bonds is 1. The minimum atomic E-state index is -3.04. The predicted molar refractivity (Wildman–Crippen MR) is 80.5 cm³/mol. The third kappa shape index (κ3) is 2.24. The molecule has 2 saturated heterocycles. The summed E-state index contributed by atoms with van der Waals surface area (Å²) in [5, 5.41) is 9.11. The van der Waals surface area contributed by atoms with Crippen molar-refractivity contribution < 1.29 is 8.42 Å². The number of fused-ring (bicyclic) bond motifs is 1. The van der Waals surface area contributed by atoms with Crippen molar-refractivity contribution in [1.29, 1.82) is 5.41 Å². The summed E-state index contributed by atoms with van der Waals surface area (Å²) in [7, 11) is -3.04. The van der Waals surface area contributed by atoms with Gasteiger partial charge in [-0.1, -0.05) is 41.0 Å². The molecule has 0 spiro atoms. The van der Waals surface area contributed by atoms with Crippen LogP contribution in [0.2, 0.25) is 10.0 Å². The van der Waals surface area contributed by atoms with Crippen LogP contribution >= 0.6 is 35.0 Å². The highest BCUT2D eigenvalue weighted by Crippen LogP contribution is 2.44. The molecule has 2 aliphatic heterocycles. The van der Waals surface area contributed by atoms with E-state index in [9.17, 15) is 8.42 Å². The number of hydrogen-bond donors (Lipinski definition) is 1. The van der Waals surface area contributed by atoms with Crippen LogP contribution in [-0.2, 0) is 9.84 Å². The molecule has 1 aromatic carbocycles. The Bertz CT molecular complexity index is 642. The summed E-state index contributed by atoms with van der Waals surface area (Å²) in [5.41, 5.74) is 0.535. The van der Waals surface area contributed by atoms with Gasteiger partial charge in [-0.25, -0.2) is 8.42 Å². The summed E-state index contributed by atoms with van der Waals surface area (Å²) in [6.45, 7) is 0. The standard InChI is InChI=1S/C11H10Cl2N2O2S2/c12-6-2-1-3-7(13)10(6)15-8-4-19(16,17)5-9(8)18-11(15)14/h1-3,8-9,14H,4-5H2/t8-,9+/m1/s1. The van der Waals surface area contributed by atoms with Crippen LogP contribution < -0.4 is 4.90 Å². The van der Waals surface area contributed by atoms with E-state index in [-0.39, 0.29) is 22.8 Å². The molecule has 4 nitrogen and oxygen atoms in total. The van der Waals surface area contributed by atoms with Gasteiger partial charge >= 0.3 is 0 Å². The van der Waals surface area contributed by atoms with Crippen molar-refractivity contribution in [2.75, 3.05) is 16.4 Å². The third-order valence-corrected chi connectivity index (χ3v) is 7.00.